The molecule has 0 amide bonds. The van der Waals surface area contributed by atoms with E-state index in [0.29, 0.717) is 18.4 Å². The highest BCUT2D eigenvalue weighted by Gasteiger charge is 2.29. The Bertz CT molecular complexity index is 651. The monoisotopic (exact) mass is 303 g/mol. The van der Waals surface area contributed by atoms with E-state index in [1.54, 1.807) is 0 Å². The summed E-state index contributed by atoms with van der Waals surface area (Å²) in [4.78, 5) is 2.32. The quantitative estimate of drug-likeness (QED) is 0.861. The molecule has 2 heterocycles. The van der Waals surface area contributed by atoms with Crippen molar-refractivity contribution in [3.8, 4) is 0 Å². The maximum Gasteiger partial charge on any atom is 0.235 e. The lowest BCUT2D eigenvalue weighted by molar-refractivity contribution is 0.445. The van der Waals surface area contributed by atoms with Gasteiger partial charge in [-0.25, -0.2) is 0 Å². The summed E-state index contributed by atoms with van der Waals surface area (Å²) >= 11 is 6.36. The Kier molecular flexibility index (Phi) is 3.34. The smallest absolute Gasteiger partial charge is 0.235 e. The maximum absolute atomic E-state index is 6.36. The van der Waals surface area contributed by atoms with Crippen molar-refractivity contribution in [1.29, 1.82) is 0 Å². The van der Waals surface area contributed by atoms with Gasteiger partial charge in [0.15, 0.2) is 0 Å². The number of halogens is 1. The molecule has 5 heteroatoms. The number of anilines is 1. The standard InChI is InChI=1S/C16H18ClN3O/c17-13-5-3-6-14-12(13)4-1-2-9-20(14)10-15-18-19-16(21-15)11-7-8-11/h3,5-6,11H,1-2,4,7-10H2. The van der Waals surface area contributed by atoms with E-state index in [9.17, 15) is 0 Å². The molecule has 0 bridgehead atoms. The lowest BCUT2D eigenvalue weighted by atomic mass is 10.1. The summed E-state index contributed by atoms with van der Waals surface area (Å²) in [6.45, 7) is 1.68. The maximum atomic E-state index is 6.36. The van der Waals surface area contributed by atoms with Gasteiger partial charge >= 0.3 is 0 Å². The van der Waals surface area contributed by atoms with Crippen molar-refractivity contribution in [2.45, 2.75) is 44.6 Å². The molecule has 0 unspecified atom stereocenters. The minimum atomic E-state index is 0.511. The van der Waals surface area contributed by atoms with Gasteiger partial charge in [0.2, 0.25) is 11.8 Å². The molecule has 1 aliphatic heterocycles. The molecule has 0 saturated heterocycles. The second-order valence-corrected chi connectivity index (χ2v) is 6.33. The molecule has 1 aromatic heterocycles. The molecule has 0 spiro atoms. The van der Waals surface area contributed by atoms with Gasteiger partial charge in [-0.1, -0.05) is 17.7 Å². The van der Waals surface area contributed by atoms with E-state index >= 15 is 0 Å². The predicted octanol–water partition coefficient (Wildman–Crippen LogP) is 3.94. The van der Waals surface area contributed by atoms with Gasteiger partial charge in [-0.05, 0) is 49.8 Å². The Hall–Kier alpha value is -1.55. The summed E-state index contributed by atoms with van der Waals surface area (Å²) in [5.74, 6) is 2.04. The van der Waals surface area contributed by atoms with Crippen molar-refractivity contribution in [3.63, 3.8) is 0 Å². The third-order valence-electron chi connectivity index (χ3n) is 4.27. The van der Waals surface area contributed by atoms with Gasteiger partial charge in [0.1, 0.15) is 0 Å². The highest BCUT2D eigenvalue weighted by Crippen LogP contribution is 2.39. The summed E-state index contributed by atoms with van der Waals surface area (Å²) in [7, 11) is 0. The Labute approximate surface area is 129 Å². The fourth-order valence-corrected chi connectivity index (χ4v) is 3.23. The number of nitrogens with zero attached hydrogens (tertiary/aromatic N) is 3. The van der Waals surface area contributed by atoms with Gasteiger partial charge < -0.3 is 9.32 Å². The molecular weight excluding hydrogens is 286 g/mol. The van der Waals surface area contributed by atoms with Crippen molar-refractivity contribution in [1.82, 2.24) is 10.2 Å². The van der Waals surface area contributed by atoms with Gasteiger partial charge in [-0.2, -0.15) is 0 Å². The zero-order valence-electron chi connectivity index (χ0n) is 11.9. The Balaban J connectivity index is 1.60. The number of fused-ring (bicyclic) bond motifs is 1. The van der Waals surface area contributed by atoms with Crippen LogP contribution in [0.1, 0.15) is 48.9 Å². The highest BCUT2D eigenvalue weighted by molar-refractivity contribution is 6.31. The van der Waals surface area contributed by atoms with Crippen molar-refractivity contribution in [2.75, 3.05) is 11.4 Å². The van der Waals surface area contributed by atoms with Gasteiger partial charge in [-0.15, -0.1) is 10.2 Å². The molecule has 110 valence electrons. The Morgan fingerprint density at radius 3 is 3.00 bits per heavy atom. The third-order valence-corrected chi connectivity index (χ3v) is 4.63. The number of hydrogen-bond acceptors (Lipinski definition) is 4. The molecule has 2 aromatic rings. The van der Waals surface area contributed by atoms with E-state index in [-0.39, 0.29) is 0 Å². The number of aromatic nitrogens is 2. The summed E-state index contributed by atoms with van der Waals surface area (Å²) in [6.07, 6.45) is 5.75. The molecule has 1 aromatic carbocycles. The van der Waals surface area contributed by atoms with Crippen LogP contribution >= 0.6 is 11.6 Å². The largest absolute Gasteiger partial charge is 0.423 e. The third kappa shape index (κ3) is 2.64. The first-order valence-corrected chi connectivity index (χ1v) is 8.03. The molecule has 4 rings (SSSR count). The molecule has 4 nitrogen and oxygen atoms in total. The Morgan fingerprint density at radius 1 is 1.24 bits per heavy atom. The van der Waals surface area contributed by atoms with Gasteiger partial charge in [0.05, 0.1) is 6.54 Å². The Morgan fingerprint density at radius 2 is 2.14 bits per heavy atom. The lowest BCUT2D eigenvalue weighted by Gasteiger charge is -2.23. The molecule has 1 saturated carbocycles. The first-order valence-electron chi connectivity index (χ1n) is 7.66. The van der Waals surface area contributed by atoms with Crippen LogP contribution in [0.25, 0.3) is 0 Å². The number of hydrogen-bond donors (Lipinski definition) is 0. The fraction of sp³-hybridized carbons (Fsp3) is 0.500. The zero-order chi connectivity index (χ0) is 14.2. The lowest BCUT2D eigenvalue weighted by Crippen LogP contribution is -2.23. The molecule has 0 atom stereocenters. The molecule has 0 N–H and O–H groups in total. The molecule has 1 aliphatic carbocycles. The SMILES string of the molecule is Clc1cccc2c1CCCCN2Cc1nnc(C2CC2)o1. The van der Waals surface area contributed by atoms with Crippen LogP contribution in [0.3, 0.4) is 0 Å². The minimum Gasteiger partial charge on any atom is -0.423 e. The van der Waals surface area contributed by atoms with E-state index in [4.69, 9.17) is 16.0 Å². The summed E-state index contributed by atoms with van der Waals surface area (Å²) in [5.41, 5.74) is 2.46. The average Bonchev–Trinajstić information content (AvgIpc) is 3.26. The van der Waals surface area contributed by atoms with Crippen molar-refractivity contribution < 1.29 is 4.42 Å². The summed E-state index contributed by atoms with van der Waals surface area (Å²) < 4.78 is 5.80. The van der Waals surface area contributed by atoms with Crippen molar-refractivity contribution >= 4 is 17.3 Å². The van der Waals surface area contributed by atoms with Crippen LogP contribution < -0.4 is 4.90 Å². The molecule has 21 heavy (non-hydrogen) atoms. The van der Waals surface area contributed by atoms with Gasteiger partial charge in [-0.3, -0.25) is 0 Å². The first kappa shape index (κ1) is 13.1. The number of rotatable bonds is 3. The van der Waals surface area contributed by atoms with Crippen LogP contribution in [0.4, 0.5) is 5.69 Å². The second-order valence-electron chi connectivity index (χ2n) is 5.92. The highest BCUT2D eigenvalue weighted by atomic mass is 35.5. The topological polar surface area (TPSA) is 42.2 Å². The normalized spacial score (nSPS) is 18.4. The molecular formula is C16H18ClN3O. The van der Waals surface area contributed by atoms with Crippen LogP contribution in [-0.2, 0) is 13.0 Å². The summed E-state index contributed by atoms with van der Waals surface area (Å²) in [5, 5.41) is 9.24. The average molecular weight is 304 g/mol. The minimum absolute atomic E-state index is 0.511. The van der Waals surface area contributed by atoms with Crippen LogP contribution in [-0.4, -0.2) is 16.7 Å². The molecule has 2 aliphatic rings. The van der Waals surface area contributed by atoms with Gasteiger partial charge in [0, 0.05) is 23.2 Å². The first-order chi connectivity index (χ1) is 10.3. The number of benzene rings is 1. The van der Waals surface area contributed by atoms with Crippen LogP contribution in [0.15, 0.2) is 22.6 Å². The van der Waals surface area contributed by atoms with Gasteiger partial charge in [0.25, 0.3) is 0 Å². The van der Waals surface area contributed by atoms with E-state index in [1.807, 2.05) is 12.1 Å². The summed E-state index contributed by atoms with van der Waals surface area (Å²) in [6, 6.07) is 6.13. The van der Waals surface area contributed by atoms with E-state index in [1.165, 1.54) is 30.5 Å². The van der Waals surface area contributed by atoms with E-state index in [0.717, 1.165) is 30.3 Å². The molecule has 0 radical (unpaired) electrons. The van der Waals surface area contributed by atoms with Crippen LogP contribution in [0.2, 0.25) is 5.02 Å². The van der Waals surface area contributed by atoms with Crippen LogP contribution in [0.5, 0.6) is 0 Å². The van der Waals surface area contributed by atoms with E-state index < -0.39 is 0 Å². The molecule has 1 fully saturated rings. The second kappa shape index (κ2) is 5.34. The zero-order valence-corrected chi connectivity index (χ0v) is 12.6. The van der Waals surface area contributed by atoms with Crippen molar-refractivity contribution in [2.24, 2.45) is 0 Å². The van der Waals surface area contributed by atoms with Crippen molar-refractivity contribution in [3.05, 3.63) is 40.6 Å². The predicted molar refractivity (Wildman–Crippen MR) is 81.7 cm³/mol. The van der Waals surface area contributed by atoms with E-state index in [2.05, 4.69) is 21.2 Å². The fourth-order valence-electron chi connectivity index (χ4n) is 2.97. The van der Waals surface area contributed by atoms with Crippen LogP contribution in [0, 0.1) is 0 Å².